The molecule has 0 spiro atoms. The molecule has 0 aliphatic heterocycles. The molecule has 1 fully saturated rings. The van der Waals surface area contributed by atoms with Crippen LogP contribution in [-0.2, 0) is 10.3 Å². The van der Waals surface area contributed by atoms with Gasteiger partial charge in [-0.25, -0.2) is 9.97 Å². The third-order valence-electron chi connectivity index (χ3n) is 2.81. The van der Waals surface area contributed by atoms with Gasteiger partial charge in [-0.3, -0.25) is 0 Å². The van der Waals surface area contributed by atoms with Crippen molar-refractivity contribution in [2.24, 2.45) is 0 Å². The standard InChI is InChI=1S/C12H19N3O/c1-4-16-12(2,3)11-14-9(8-5-6-8)7-10(13)15-11/h7-8H,4-6H2,1-3H3,(H2,13,14,15). The number of ether oxygens (including phenoxy) is 1. The lowest BCUT2D eigenvalue weighted by Crippen LogP contribution is -2.25. The van der Waals surface area contributed by atoms with Gasteiger partial charge in [0.05, 0.1) is 0 Å². The Morgan fingerprint density at radius 2 is 2.12 bits per heavy atom. The van der Waals surface area contributed by atoms with E-state index in [1.807, 2.05) is 26.8 Å². The monoisotopic (exact) mass is 221 g/mol. The van der Waals surface area contributed by atoms with Crippen LogP contribution in [0.5, 0.6) is 0 Å². The van der Waals surface area contributed by atoms with Crippen LogP contribution >= 0.6 is 0 Å². The molecular weight excluding hydrogens is 202 g/mol. The maximum Gasteiger partial charge on any atom is 0.162 e. The van der Waals surface area contributed by atoms with E-state index in [2.05, 4.69) is 9.97 Å². The summed E-state index contributed by atoms with van der Waals surface area (Å²) in [6.07, 6.45) is 2.43. The van der Waals surface area contributed by atoms with Crippen molar-refractivity contribution in [3.05, 3.63) is 17.6 Å². The zero-order chi connectivity index (χ0) is 11.8. The number of nitrogen functional groups attached to an aromatic ring is 1. The van der Waals surface area contributed by atoms with Gasteiger partial charge in [0.2, 0.25) is 0 Å². The van der Waals surface area contributed by atoms with E-state index in [1.165, 1.54) is 12.8 Å². The van der Waals surface area contributed by atoms with Gasteiger partial charge in [0, 0.05) is 24.3 Å². The molecule has 1 aromatic heterocycles. The molecule has 1 aromatic rings. The Morgan fingerprint density at radius 1 is 1.44 bits per heavy atom. The Bertz CT molecular complexity index is 386. The number of nitrogens with zero attached hydrogens (tertiary/aromatic N) is 2. The predicted molar refractivity (Wildman–Crippen MR) is 63.1 cm³/mol. The molecule has 1 heterocycles. The highest BCUT2D eigenvalue weighted by Crippen LogP contribution is 2.40. The topological polar surface area (TPSA) is 61.0 Å². The fourth-order valence-electron chi connectivity index (χ4n) is 1.77. The Kier molecular flexibility index (Phi) is 2.84. The summed E-state index contributed by atoms with van der Waals surface area (Å²) < 4.78 is 5.64. The van der Waals surface area contributed by atoms with Crippen molar-refractivity contribution in [1.82, 2.24) is 9.97 Å². The van der Waals surface area contributed by atoms with Crippen LogP contribution in [0.1, 0.15) is 51.0 Å². The van der Waals surface area contributed by atoms with Crippen LogP contribution in [0.25, 0.3) is 0 Å². The van der Waals surface area contributed by atoms with E-state index in [4.69, 9.17) is 10.5 Å². The van der Waals surface area contributed by atoms with Gasteiger partial charge in [0.25, 0.3) is 0 Å². The van der Waals surface area contributed by atoms with Gasteiger partial charge in [-0.2, -0.15) is 0 Å². The first-order chi connectivity index (χ1) is 7.53. The Balaban J connectivity index is 2.32. The van der Waals surface area contributed by atoms with Crippen molar-refractivity contribution in [3.8, 4) is 0 Å². The second kappa shape index (κ2) is 4.01. The van der Waals surface area contributed by atoms with Crippen LogP contribution < -0.4 is 5.73 Å². The molecule has 0 aromatic carbocycles. The average molecular weight is 221 g/mol. The van der Waals surface area contributed by atoms with Gasteiger partial charge < -0.3 is 10.5 Å². The molecule has 0 atom stereocenters. The third kappa shape index (κ3) is 2.32. The normalized spacial score (nSPS) is 16.4. The SMILES string of the molecule is CCOC(C)(C)c1nc(N)cc(C2CC2)n1. The van der Waals surface area contributed by atoms with E-state index in [1.54, 1.807) is 0 Å². The predicted octanol–water partition coefficient (Wildman–Crippen LogP) is 2.21. The highest BCUT2D eigenvalue weighted by molar-refractivity contribution is 5.33. The molecule has 4 heteroatoms. The average Bonchev–Trinajstić information content (AvgIpc) is 2.99. The van der Waals surface area contributed by atoms with E-state index in [-0.39, 0.29) is 0 Å². The molecule has 1 aliphatic carbocycles. The molecule has 0 radical (unpaired) electrons. The summed E-state index contributed by atoms with van der Waals surface area (Å²) in [5.74, 6) is 1.82. The third-order valence-corrected chi connectivity index (χ3v) is 2.81. The molecule has 88 valence electrons. The highest BCUT2D eigenvalue weighted by atomic mass is 16.5. The molecule has 0 amide bonds. The minimum absolute atomic E-state index is 0.465. The van der Waals surface area contributed by atoms with Gasteiger partial charge in [0.15, 0.2) is 5.82 Å². The van der Waals surface area contributed by atoms with Crippen molar-refractivity contribution in [3.63, 3.8) is 0 Å². The molecule has 1 aliphatic rings. The molecule has 0 unspecified atom stereocenters. The molecule has 0 bridgehead atoms. The van der Waals surface area contributed by atoms with Crippen LogP contribution in [0.3, 0.4) is 0 Å². The first kappa shape index (κ1) is 11.3. The molecule has 1 saturated carbocycles. The summed E-state index contributed by atoms with van der Waals surface area (Å²) in [6.45, 7) is 6.56. The van der Waals surface area contributed by atoms with E-state index in [0.29, 0.717) is 24.2 Å². The Morgan fingerprint density at radius 3 is 2.69 bits per heavy atom. The van der Waals surface area contributed by atoms with E-state index in [9.17, 15) is 0 Å². The lowest BCUT2D eigenvalue weighted by molar-refractivity contribution is -0.0208. The van der Waals surface area contributed by atoms with Gasteiger partial charge in [-0.1, -0.05) is 0 Å². The number of nitrogens with two attached hydrogens (primary N) is 1. The van der Waals surface area contributed by atoms with Gasteiger partial charge in [-0.15, -0.1) is 0 Å². The number of hydrogen-bond donors (Lipinski definition) is 1. The summed E-state index contributed by atoms with van der Waals surface area (Å²) in [5, 5.41) is 0. The van der Waals surface area contributed by atoms with Crippen LogP contribution in [0.2, 0.25) is 0 Å². The van der Waals surface area contributed by atoms with E-state index < -0.39 is 5.60 Å². The van der Waals surface area contributed by atoms with Crippen molar-refractivity contribution in [1.29, 1.82) is 0 Å². The van der Waals surface area contributed by atoms with Crippen LogP contribution in [0.15, 0.2) is 6.07 Å². The summed E-state index contributed by atoms with van der Waals surface area (Å²) in [6, 6.07) is 1.88. The fourth-order valence-corrected chi connectivity index (χ4v) is 1.77. The van der Waals surface area contributed by atoms with Crippen LogP contribution in [-0.4, -0.2) is 16.6 Å². The maximum atomic E-state index is 5.81. The zero-order valence-corrected chi connectivity index (χ0v) is 10.2. The largest absolute Gasteiger partial charge is 0.384 e. The lowest BCUT2D eigenvalue weighted by atomic mass is 10.1. The molecule has 4 nitrogen and oxygen atoms in total. The lowest BCUT2D eigenvalue weighted by Gasteiger charge is -2.23. The zero-order valence-electron chi connectivity index (χ0n) is 10.2. The molecule has 16 heavy (non-hydrogen) atoms. The Labute approximate surface area is 96.2 Å². The number of anilines is 1. The Hall–Kier alpha value is -1.16. The van der Waals surface area contributed by atoms with Gasteiger partial charge in [-0.05, 0) is 33.6 Å². The van der Waals surface area contributed by atoms with Crippen LogP contribution in [0, 0.1) is 0 Å². The van der Waals surface area contributed by atoms with Gasteiger partial charge >= 0.3 is 0 Å². The maximum absolute atomic E-state index is 5.81. The minimum atomic E-state index is -0.465. The first-order valence-corrected chi connectivity index (χ1v) is 5.82. The van der Waals surface area contributed by atoms with Crippen molar-refractivity contribution >= 4 is 5.82 Å². The van der Waals surface area contributed by atoms with Crippen molar-refractivity contribution in [2.45, 2.75) is 45.1 Å². The summed E-state index contributed by atoms with van der Waals surface area (Å²) in [7, 11) is 0. The minimum Gasteiger partial charge on any atom is -0.384 e. The number of hydrogen-bond acceptors (Lipinski definition) is 4. The smallest absolute Gasteiger partial charge is 0.162 e. The molecule has 0 saturated heterocycles. The van der Waals surface area contributed by atoms with Crippen molar-refractivity contribution < 1.29 is 4.74 Å². The molecular formula is C12H19N3O. The second-order valence-electron chi connectivity index (χ2n) is 4.76. The second-order valence-corrected chi connectivity index (χ2v) is 4.76. The van der Waals surface area contributed by atoms with E-state index in [0.717, 1.165) is 5.69 Å². The van der Waals surface area contributed by atoms with Crippen LogP contribution in [0.4, 0.5) is 5.82 Å². The molecule has 2 rings (SSSR count). The summed E-state index contributed by atoms with van der Waals surface area (Å²) >= 11 is 0. The number of rotatable bonds is 4. The highest BCUT2D eigenvalue weighted by Gasteiger charge is 2.30. The summed E-state index contributed by atoms with van der Waals surface area (Å²) in [4.78, 5) is 8.85. The summed E-state index contributed by atoms with van der Waals surface area (Å²) in [5.41, 5.74) is 6.41. The first-order valence-electron chi connectivity index (χ1n) is 5.82. The molecule has 2 N–H and O–H groups in total. The fraction of sp³-hybridized carbons (Fsp3) is 0.667. The van der Waals surface area contributed by atoms with Gasteiger partial charge in [0.1, 0.15) is 11.4 Å². The quantitative estimate of drug-likeness (QED) is 0.846. The van der Waals surface area contributed by atoms with E-state index >= 15 is 0 Å². The van der Waals surface area contributed by atoms with Crippen molar-refractivity contribution in [2.75, 3.05) is 12.3 Å². The number of aromatic nitrogens is 2.